The van der Waals surface area contributed by atoms with E-state index in [4.69, 9.17) is 11.6 Å². The summed E-state index contributed by atoms with van der Waals surface area (Å²) < 4.78 is 26.1. The van der Waals surface area contributed by atoms with Crippen molar-refractivity contribution >= 4 is 11.6 Å². The Balaban J connectivity index is 2.05. The Labute approximate surface area is 121 Å². The van der Waals surface area contributed by atoms with Crippen molar-refractivity contribution in [3.05, 3.63) is 70.2 Å². The van der Waals surface area contributed by atoms with E-state index in [9.17, 15) is 13.9 Å². The molecule has 0 spiro atoms. The topological polar surface area (TPSA) is 32.3 Å². The van der Waals surface area contributed by atoms with Gasteiger partial charge in [-0.1, -0.05) is 23.7 Å². The summed E-state index contributed by atoms with van der Waals surface area (Å²) >= 11 is 5.80. The Morgan fingerprint density at radius 1 is 1.05 bits per heavy atom. The van der Waals surface area contributed by atoms with E-state index in [-0.39, 0.29) is 19.2 Å². The molecule has 0 aromatic heterocycles. The Morgan fingerprint density at radius 2 is 1.65 bits per heavy atom. The first kappa shape index (κ1) is 14.9. The quantitative estimate of drug-likeness (QED) is 0.886. The Hall–Kier alpha value is -1.49. The fourth-order valence-corrected chi connectivity index (χ4v) is 2.06. The van der Waals surface area contributed by atoms with Gasteiger partial charge < -0.3 is 10.4 Å². The zero-order chi connectivity index (χ0) is 14.5. The summed E-state index contributed by atoms with van der Waals surface area (Å²) in [6, 6.07) is 10.1. The SMILES string of the molecule is OCC(NCc1cc(F)cc(F)c1)c1ccc(Cl)cc1. The molecule has 1 unspecified atom stereocenters. The van der Waals surface area contributed by atoms with Crippen LogP contribution in [0.1, 0.15) is 17.2 Å². The molecule has 20 heavy (non-hydrogen) atoms. The number of aliphatic hydroxyl groups excluding tert-OH is 1. The average Bonchev–Trinajstić information content (AvgIpc) is 2.40. The van der Waals surface area contributed by atoms with E-state index in [1.165, 1.54) is 12.1 Å². The van der Waals surface area contributed by atoms with Crippen LogP contribution in [0.4, 0.5) is 8.78 Å². The standard InChI is InChI=1S/C15H14ClF2NO/c16-12-3-1-11(2-4-12)15(9-20)19-8-10-5-13(17)7-14(18)6-10/h1-7,15,19-20H,8-9H2. The summed E-state index contributed by atoms with van der Waals surface area (Å²) in [4.78, 5) is 0. The summed E-state index contributed by atoms with van der Waals surface area (Å²) in [6.45, 7) is 0.127. The van der Waals surface area contributed by atoms with E-state index in [1.54, 1.807) is 24.3 Å². The van der Waals surface area contributed by atoms with Gasteiger partial charge in [0.25, 0.3) is 0 Å². The van der Waals surface area contributed by atoms with Crippen LogP contribution in [0.15, 0.2) is 42.5 Å². The van der Waals surface area contributed by atoms with Crippen molar-refractivity contribution < 1.29 is 13.9 Å². The van der Waals surface area contributed by atoms with Crippen LogP contribution in [0.3, 0.4) is 0 Å². The normalized spacial score (nSPS) is 12.4. The lowest BCUT2D eigenvalue weighted by Crippen LogP contribution is -2.24. The van der Waals surface area contributed by atoms with Crippen molar-refractivity contribution in [2.45, 2.75) is 12.6 Å². The second kappa shape index (κ2) is 6.79. The molecule has 5 heteroatoms. The zero-order valence-electron chi connectivity index (χ0n) is 10.6. The van der Waals surface area contributed by atoms with Crippen molar-refractivity contribution in [1.82, 2.24) is 5.32 Å². The number of rotatable bonds is 5. The minimum atomic E-state index is -0.617. The van der Waals surface area contributed by atoms with Crippen LogP contribution in [0.5, 0.6) is 0 Å². The van der Waals surface area contributed by atoms with E-state index in [0.29, 0.717) is 10.6 Å². The highest BCUT2D eigenvalue weighted by Gasteiger charge is 2.10. The number of hydrogen-bond donors (Lipinski definition) is 2. The van der Waals surface area contributed by atoms with Crippen LogP contribution in [0, 0.1) is 11.6 Å². The van der Waals surface area contributed by atoms with Crippen molar-refractivity contribution in [3.8, 4) is 0 Å². The third kappa shape index (κ3) is 4.00. The number of benzene rings is 2. The summed E-state index contributed by atoms with van der Waals surface area (Å²) in [5.74, 6) is -1.23. The van der Waals surface area contributed by atoms with Gasteiger partial charge in [0.1, 0.15) is 11.6 Å². The van der Waals surface area contributed by atoms with Gasteiger partial charge in [-0.05, 0) is 35.4 Å². The Kier molecular flexibility index (Phi) is 5.06. The molecule has 0 aliphatic rings. The minimum Gasteiger partial charge on any atom is -0.394 e. The lowest BCUT2D eigenvalue weighted by molar-refractivity contribution is 0.243. The first-order valence-electron chi connectivity index (χ1n) is 6.13. The predicted octanol–water partition coefficient (Wildman–Crippen LogP) is 3.44. The van der Waals surface area contributed by atoms with Crippen molar-refractivity contribution in [2.75, 3.05) is 6.61 Å². The minimum absolute atomic E-state index is 0.126. The van der Waals surface area contributed by atoms with Crippen molar-refractivity contribution in [3.63, 3.8) is 0 Å². The lowest BCUT2D eigenvalue weighted by atomic mass is 10.1. The van der Waals surface area contributed by atoms with Gasteiger partial charge in [-0.25, -0.2) is 8.78 Å². The molecule has 106 valence electrons. The largest absolute Gasteiger partial charge is 0.394 e. The van der Waals surface area contributed by atoms with Crippen LogP contribution in [0.25, 0.3) is 0 Å². The summed E-state index contributed by atoms with van der Waals surface area (Å²) in [6.07, 6.45) is 0. The Bertz CT molecular complexity index is 554. The maximum atomic E-state index is 13.1. The molecule has 0 aliphatic carbocycles. The number of hydrogen-bond acceptors (Lipinski definition) is 2. The first-order valence-corrected chi connectivity index (χ1v) is 6.51. The molecule has 0 amide bonds. The fourth-order valence-electron chi connectivity index (χ4n) is 1.94. The number of halogens is 3. The van der Waals surface area contributed by atoms with Crippen LogP contribution in [-0.4, -0.2) is 11.7 Å². The van der Waals surface area contributed by atoms with E-state index in [0.717, 1.165) is 11.6 Å². The molecule has 0 bridgehead atoms. The highest BCUT2D eigenvalue weighted by atomic mass is 35.5. The molecular weight excluding hydrogens is 284 g/mol. The maximum Gasteiger partial charge on any atom is 0.126 e. The molecule has 2 nitrogen and oxygen atoms in total. The molecule has 1 atom stereocenters. The molecule has 2 rings (SSSR count). The highest BCUT2D eigenvalue weighted by Crippen LogP contribution is 2.17. The molecule has 2 aromatic rings. The highest BCUT2D eigenvalue weighted by molar-refractivity contribution is 6.30. The van der Waals surface area contributed by atoms with E-state index in [2.05, 4.69) is 5.32 Å². The number of nitrogens with one attached hydrogen (secondary N) is 1. The molecule has 0 aliphatic heterocycles. The molecule has 0 saturated heterocycles. The van der Waals surface area contributed by atoms with Crippen molar-refractivity contribution in [2.24, 2.45) is 0 Å². The lowest BCUT2D eigenvalue weighted by Gasteiger charge is -2.17. The zero-order valence-corrected chi connectivity index (χ0v) is 11.4. The molecule has 2 aromatic carbocycles. The molecule has 0 heterocycles. The van der Waals surface area contributed by atoms with Crippen LogP contribution >= 0.6 is 11.6 Å². The van der Waals surface area contributed by atoms with Gasteiger partial charge >= 0.3 is 0 Å². The summed E-state index contributed by atoms with van der Waals surface area (Å²) in [5.41, 5.74) is 1.34. The van der Waals surface area contributed by atoms with Gasteiger partial charge in [-0.15, -0.1) is 0 Å². The fraction of sp³-hybridized carbons (Fsp3) is 0.200. The van der Waals surface area contributed by atoms with Crippen LogP contribution in [-0.2, 0) is 6.54 Å². The van der Waals surface area contributed by atoms with Gasteiger partial charge in [0.2, 0.25) is 0 Å². The molecule has 0 fully saturated rings. The van der Waals surface area contributed by atoms with Gasteiger partial charge in [0, 0.05) is 17.6 Å². The number of aliphatic hydroxyl groups is 1. The van der Waals surface area contributed by atoms with E-state index >= 15 is 0 Å². The Morgan fingerprint density at radius 3 is 2.20 bits per heavy atom. The molecule has 0 saturated carbocycles. The van der Waals surface area contributed by atoms with Crippen molar-refractivity contribution in [1.29, 1.82) is 0 Å². The first-order chi connectivity index (χ1) is 9.58. The summed E-state index contributed by atoms with van der Waals surface area (Å²) in [5, 5.41) is 13.1. The van der Waals surface area contributed by atoms with Gasteiger partial charge in [-0.3, -0.25) is 0 Å². The van der Waals surface area contributed by atoms with Crippen LogP contribution < -0.4 is 5.32 Å². The average molecular weight is 298 g/mol. The third-order valence-electron chi connectivity index (χ3n) is 2.93. The molecular formula is C15H14ClF2NO. The van der Waals surface area contributed by atoms with Crippen LogP contribution in [0.2, 0.25) is 5.02 Å². The maximum absolute atomic E-state index is 13.1. The summed E-state index contributed by atoms with van der Waals surface area (Å²) in [7, 11) is 0. The van der Waals surface area contributed by atoms with Gasteiger partial charge in [0.05, 0.1) is 12.6 Å². The second-order valence-corrected chi connectivity index (χ2v) is 4.88. The van der Waals surface area contributed by atoms with Gasteiger partial charge in [-0.2, -0.15) is 0 Å². The molecule has 2 N–H and O–H groups in total. The predicted molar refractivity (Wildman–Crippen MR) is 74.5 cm³/mol. The smallest absolute Gasteiger partial charge is 0.126 e. The van der Waals surface area contributed by atoms with E-state index in [1.807, 2.05) is 0 Å². The van der Waals surface area contributed by atoms with Gasteiger partial charge in [0.15, 0.2) is 0 Å². The third-order valence-corrected chi connectivity index (χ3v) is 3.18. The monoisotopic (exact) mass is 297 g/mol. The van der Waals surface area contributed by atoms with E-state index < -0.39 is 11.6 Å². The molecule has 0 radical (unpaired) electrons. The second-order valence-electron chi connectivity index (χ2n) is 4.45.